The van der Waals surface area contributed by atoms with E-state index in [1.807, 2.05) is 0 Å². The highest BCUT2D eigenvalue weighted by molar-refractivity contribution is 5.92. The first kappa shape index (κ1) is 15.8. The zero-order valence-electron chi connectivity index (χ0n) is 13.7. The molecule has 0 bridgehead atoms. The quantitative estimate of drug-likeness (QED) is 0.838. The van der Waals surface area contributed by atoms with Crippen molar-refractivity contribution in [1.29, 1.82) is 0 Å². The van der Waals surface area contributed by atoms with Crippen LogP contribution in [-0.2, 0) is 6.54 Å². The van der Waals surface area contributed by atoms with Crippen LogP contribution in [0.1, 0.15) is 33.4 Å². The summed E-state index contributed by atoms with van der Waals surface area (Å²) in [5.41, 5.74) is 1.12. The van der Waals surface area contributed by atoms with E-state index in [0.29, 0.717) is 5.92 Å². The molecule has 0 saturated heterocycles. The van der Waals surface area contributed by atoms with Crippen molar-refractivity contribution in [3.05, 3.63) is 36.0 Å². The second-order valence-corrected chi connectivity index (χ2v) is 5.87. The smallest absolute Gasteiger partial charge is 0.136 e. The fraction of sp³-hybridized carbons (Fsp3) is 0.500. The van der Waals surface area contributed by atoms with Gasteiger partial charge in [0.2, 0.25) is 0 Å². The van der Waals surface area contributed by atoms with E-state index in [4.69, 9.17) is 4.98 Å². The number of benzene rings is 1. The minimum Gasteiger partial charge on any atom is -0.356 e. The molecule has 0 amide bonds. The molecule has 21 heavy (non-hydrogen) atoms. The van der Waals surface area contributed by atoms with Crippen LogP contribution in [-0.4, -0.2) is 24.6 Å². The molecule has 1 aromatic heterocycles. The molecule has 3 nitrogen and oxygen atoms in total. The number of aromatic nitrogens is 1. The molecule has 0 aliphatic rings. The Morgan fingerprint density at radius 2 is 1.95 bits per heavy atom. The fourth-order valence-electron chi connectivity index (χ4n) is 2.63. The van der Waals surface area contributed by atoms with Crippen LogP contribution in [0, 0.1) is 5.92 Å². The fourth-order valence-corrected chi connectivity index (χ4v) is 2.63. The van der Waals surface area contributed by atoms with Crippen molar-refractivity contribution in [2.24, 2.45) is 5.92 Å². The van der Waals surface area contributed by atoms with Crippen molar-refractivity contribution in [2.75, 3.05) is 24.5 Å². The maximum atomic E-state index is 4.93. The van der Waals surface area contributed by atoms with Gasteiger partial charge in [-0.05, 0) is 30.8 Å². The molecule has 2 rings (SSSR count). The van der Waals surface area contributed by atoms with Crippen molar-refractivity contribution in [3.8, 4) is 0 Å². The summed E-state index contributed by atoms with van der Waals surface area (Å²) in [6.07, 6.45) is 0. The van der Waals surface area contributed by atoms with Gasteiger partial charge in [0.1, 0.15) is 5.82 Å². The highest BCUT2D eigenvalue weighted by Gasteiger charge is 2.13. The maximum Gasteiger partial charge on any atom is 0.136 e. The lowest BCUT2D eigenvalue weighted by molar-refractivity contribution is 0.614. The first-order valence-corrected chi connectivity index (χ1v) is 8.00. The van der Waals surface area contributed by atoms with Crippen LogP contribution in [0.25, 0.3) is 10.8 Å². The Morgan fingerprint density at radius 1 is 1.19 bits per heavy atom. The Balaban J connectivity index is 2.47. The summed E-state index contributed by atoms with van der Waals surface area (Å²) in [5, 5.41) is 5.90. The third kappa shape index (κ3) is 3.94. The molecular weight excluding hydrogens is 258 g/mol. The number of rotatable bonds is 7. The first-order chi connectivity index (χ1) is 10.2. The number of fused-ring (bicyclic) bond motifs is 1. The van der Waals surface area contributed by atoms with E-state index in [9.17, 15) is 0 Å². The van der Waals surface area contributed by atoms with Crippen LogP contribution in [0.4, 0.5) is 5.82 Å². The Kier molecular flexibility index (Phi) is 5.57. The van der Waals surface area contributed by atoms with E-state index in [2.05, 4.69) is 68.2 Å². The molecule has 2 aromatic rings. The lowest BCUT2D eigenvalue weighted by Gasteiger charge is -2.26. The molecule has 0 aliphatic heterocycles. The number of nitrogens with one attached hydrogen (secondary N) is 1. The number of pyridine rings is 1. The minimum absolute atomic E-state index is 0.628. The number of hydrogen-bond acceptors (Lipinski definition) is 3. The first-order valence-electron chi connectivity index (χ1n) is 8.00. The van der Waals surface area contributed by atoms with Gasteiger partial charge in [0.05, 0.1) is 5.69 Å². The summed E-state index contributed by atoms with van der Waals surface area (Å²) in [6.45, 7) is 12.7. The van der Waals surface area contributed by atoms with Crippen molar-refractivity contribution < 1.29 is 0 Å². The molecule has 1 N–H and O–H groups in total. The number of nitrogens with zero attached hydrogens (tertiary/aromatic N) is 2. The molecule has 0 atom stereocenters. The van der Waals surface area contributed by atoms with Crippen molar-refractivity contribution in [1.82, 2.24) is 10.3 Å². The zero-order chi connectivity index (χ0) is 15.2. The Hall–Kier alpha value is -1.61. The van der Waals surface area contributed by atoms with E-state index in [1.54, 1.807) is 0 Å². The molecular formula is C18H27N3. The monoisotopic (exact) mass is 285 g/mol. The van der Waals surface area contributed by atoms with Crippen LogP contribution >= 0.6 is 0 Å². The molecule has 3 heteroatoms. The second kappa shape index (κ2) is 7.41. The standard InChI is InChI=1S/C18H27N3/c1-5-19-12-16-11-15-9-7-8-10-17(15)18(20-16)21(6-2)13-14(3)4/h7-11,14,19H,5-6,12-13H2,1-4H3. The average molecular weight is 285 g/mol. The highest BCUT2D eigenvalue weighted by Crippen LogP contribution is 2.26. The van der Waals surface area contributed by atoms with Gasteiger partial charge in [-0.2, -0.15) is 0 Å². The molecule has 0 saturated carbocycles. The van der Waals surface area contributed by atoms with Gasteiger partial charge >= 0.3 is 0 Å². The number of anilines is 1. The number of hydrogen-bond donors (Lipinski definition) is 1. The summed E-state index contributed by atoms with van der Waals surface area (Å²) in [6, 6.07) is 10.8. The predicted molar refractivity (Wildman–Crippen MR) is 91.8 cm³/mol. The van der Waals surface area contributed by atoms with Crippen LogP contribution in [0.3, 0.4) is 0 Å². The third-order valence-electron chi connectivity index (χ3n) is 3.60. The summed E-state index contributed by atoms with van der Waals surface area (Å²) in [7, 11) is 0. The van der Waals surface area contributed by atoms with Gasteiger partial charge in [-0.3, -0.25) is 0 Å². The van der Waals surface area contributed by atoms with Crippen LogP contribution < -0.4 is 10.2 Å². The predicted octanol–water partition coefficient (Wildman–Crippen LogP) is 3.83. The molecule has 114 valence electrons. The van der Waals surface area contributed by atoms with Crippen LogP contribution in [0.5, 0.6) is 0 Å². The summed E-state index contributed by atoms with van der Waals surface area (Å²) < 4.78 is 0. The average Bonchev–Trinajstić information content (AvgIpc) is 2.49. The van der Waals surface area contributed by atoms with Gasteiger partial charge in [-0.15, -0.1) is 0 Å². The Morgan fingerprint density at radius 3 is 2.62 bits per heavy atom. The minimum atomic E-state index is 0.628. The summed E-state index contributed by atoms with van der Waals surface area (Å²) >= 11 is 0. The Labute approximate surface area is 128 Å². The van der Waals surface area contributed by atoms with Crippen molar-refractivity contribution in [2.45, 2.75) is 34.2 Å². The van der Waals surface area contributed by atoms with Gasteiger partial charge in [0, 0.05) is 25.0 Å². The molecule has 0 unspecified atom stereocenters. The normalized spacial score (nSPS) is 11.3. The van der Waals surface area contributed by atoms with Gasteiger partial charge < -0.3 is 10.2 Å². The largest absolute Gasteiger partial charge is 0.356 e. The van der Waals surface area contributed by atoms with Crippen molar-refractivity contribution in [3.63, 3.8) is 0 Å². The van der Waals surface area contributed by atoms with E-state index < -0.39 is 0 Å². The van der Waals surface area contributed by atoms with Gasteiger partial charge in [0.25, 0.3) is 0 Å². The van der Waals surface area contributed by atoms with E-state index in [-0.39, 0.29) is 0 Å². The molecule has 1 heterocycles. The van der Waals surface area contributed by atoms with Gasteiger partial charge in [-0.1, -0.05) is 45.0 Å². The molecule has 1 aromatic carbocycles. The third-order valence-corrected chi connectivity index (χ3v) is 3.60. The highest BCUT2D eigenvalue weighted by atomic mass is 15.2. The second-order valence-electron chi connectivity index (χ2n) is 5.87. The lowest BCUT2D eigenvalue weighted by Crippen LogP contribution is -2.28. The molecule has 0 spiro atoms. The molecule has 0 aliphatic carbocycles. The van der Waals surface area contributed by atoms with E-state index in [1.165, 1.54) is 10.8 Å². The maximum absolute atomic E-state index is 4.93. The SMILES string of the molecule is CCNCc1cc2ccccc2c(N(CC)CC(C)C)n1. The zero-order valence-corrected chi connectivity index (χ0v) is 13.7. The van der Waals surface area contributed by atoms with Crippen LogP contribution in [0.2, 0.25) is 0 Å². The van der Waals surface area contributed by atoms with Crippen LogP contribution in [0.15, 0.2) is 30.3 Å². The lowest BCUT2D eigenvalue weighted by atomic mass is 10.1. The van der Waals surface area contributed by atoms with Crippen molar-refractivity contribution >= 4 is 16.6 Å². The van der Waals surface area contributed by atoms with E-state index in [0.717, 1.165) is 37.7 Å². The Bertz CT molecular complexity index is 578. The summed E-state index contributed by atoms with van der Waals surface area (Å²) in [4.78, 5) is 7.32. The molecule has 0 radical (unpaired) electrons. The van der Waals surface area contributed by atoms with E-state index >= 15 is 0 Å². The molecule has 0 fully saturated rings. The topological polar surface area (TPSA) is 28.2 Å². The summed E-state index contributed by atoms with van der Waals surface area (Å²) in [5.74, 6) is 1.75. The van der Waals surface area contributed by atoms with Gasteiger partial charge in [-0.25, -0.2) is 4.98 Å². The van der Waals surface area contributed by atoms with Gasteiger partial charge in [0.15, 0.2) is 0 Å².